The van der Waals surface area contributed by atoms with E-state index in [0.717, 1.165) is 11.1 Å². The second-order valence-electron chi connectivity index (χ2n) is 7.89. The minimum atomic E-state index is -2.64. The number of anilines is 1. The van der Waals surface area contributed by atoms with E-state index in [0.29, 0.717) is 31.8 Å². The number of ether oxygens (including phenoxy) is 2. The topological polar surface area (TPSA) is 112 Å². The van der Waals surface area contributed by atoms with E-state index in [1.165, 1.54) is 4.57 Å². The molecule has 2 aromatic heterocycles. The summed E-state index contributed by atoms with van der Waals surface area (Å²) in [6.45, 7) is 1.73. The van der Waals surface area contributed by atoms with Crippen LogP contribution in [0, 0.1) is 0 Å². The van der Waals surface area contributed by atoms with Crippen molar-refractivity contribution in [3.05, 3.63) is 35.4 Å². The number of nitrogens with two attached hydrogens (primary N) is 1. The maximum Gasteiger partial charge on any atom is 0.320 e. The number of methoxy groups -OCH3 is 1. The third-order valence-corrected chi connectivity index (χ3v) is 5.31. The first-order valence-corrected chi connectivity index (χ1v) is 10.4. The summed E-state index contributed by atoms with van der Waals surface area (Å²) in [4.78, 5) is 14.2. The third-order valence-electron chi connectivity index (χ3n) is 5.31. The van der Waals surface area contributed by atoms with Crippen LogP contribution in [0.4, 0.5) is 14.6 Å². The fraction of sp³-hybridized carbons (Fsp3) is 0.476. The Bertz CT molecular complexity index is 1090. The van der Waals surface area contributed by atoms with E-state index >= 15 is 0 Å². The largest absolute Gasteiger partial charge is 0.480 e. The Balaban J connectivity index is 1.55. The van der Waals surface area contributed by atoms with Gasteiger partial charge in [0.25, 0.3) is 11.9 Å². The fourth-order valence-corrected chi connectivity index (χ4v) is 3.86. The highest BCUT2D eigenvalue weighted by Crippen LogP contribution is 2.28. The number of hydrogen-bond donors (Lipinski definition) is 2. The molecule has 172 valence electrons. The van der Waals surface area contributed by atoms with Crippen LogP contribution in [0.3, 0.4) is 0 Å². The zero-order valence-electron chi connectivity index (χ0n) is 17.8. The highest BCUT2D eigenvalue weighted by atomic mass is 19.3. The van der Waals surface area contributed by atoms with Gasteiger partial charge in [0, 0.05) is 20.1 Å². The van der Waals surface area contributed by atoms with E-state index in [4.69, 9.17) is 15.2 Å². The second kappa shape index (κ2) is 9.21. The van der Waals surface area contributed by atoms with Crippen molar-refractivity contribution in [2.24, 2.45) is 0 Å². The number of piperidine rings is 1. The standard InChI is InChI=1S/C21H26F2N6O3/c1-31-8-9-32-19-26-17(24)16-18(27-19)29(20(30)25-16)12-15-5-2-4-14(10-15)11-28-7-3-6-21(22,23)13-28/h2,4-5,10H,3,6-9,11-13H2,1H3,(H,25,30)(H2,24,26,27). The summed E-state index contributed by atoms with van der Waals surface area (Å²) >= 11 is 0. The maximum absolute atomic E-state index is 13.7. The first kappa shape index (κ1) is 22.2. The zero-order chi connectivity index (χ0) is 22.7. The summed E-state index contributed by atoms with van der Waals surface area (Å²) in [5.74, 6) is -2.55. The van der Waals surface area contributed by atoms with E-state index < -0.39 is 5.92 Å². The Hall–Kier alpha value is -3.05. The van der Waals surface area contributed by atoms with E-state index in [1.54, 1.807) is 12.0 Å². The fourth-order valence-electron chi connectivity index (χ4n) is 3.86. The quantitative estimate of drug-likeness (QED) is 0.506. The SMILES string of the molecule is COCCOc1nc(N)c2nc(O)n(Cc3cccc(CN4CCCC(F)(F)C4)c3)c2n1. The summed E-state index contributed by atoms with van der Waals surface area (Å²) in [5.41, 5.74) is 8.36. The van der Waals surface area contributed by atoms with Gasteiger partial charge in [-0.05, 0) is 24.1 Å². The van der Waals surface area contributed by atoms with Crippen molar-refractivity contribution >= 4 is 17.0 Å². The van der Waals surface area contributed by atoms with Crippen LogP contribution >= 0.6 is 0 Å². The molecule has 1 aromatic carbocycles. The molecule has 0 spiro atoms. The summed E-state index contributed by atoms with van der Waals surface area (Å²) < 4.78 is 39.4. The van der Waals surface area contributed by atoms with Crippen molar-refractivity contribution in [3.8, 4) is 12.0 Å². The van der Waals surface area contributed by atoms with Gasteiger partial charge in [0.1, 0.15) is 6.61 Å². The summed E-state index contributed by atoms with van der Waals surface area (Å²) in [7, 11) is 1.56. The lowest BCUT2D eigenvalue weighted by Gasteiger charge is -2.32. The number of halogens is 2. The molecule has 0 atom stereocenters. The number of aromatic nitrogens is 4. The average Bonchev–Trinajstić information content (AvgIpc) is 3.04. The van der Waals surface area contributed by atoms with Crippen LogP contribution in [0.15, 0.2) is 24.3 Å². The summed E-state index contributed by atoms with van der Waals surface area (Å²) in [5, 5.41) is 10.4. The molecule has 0 unspecified atom stereocenters. The summed E-state index contributed by atoms with van der Waals surface area (Å²) in [6, 6.07) is 7.40. The molecule has 32 heavy (non-hydrogen) atoms. The molecule has 9 nitrogen and oxygen atoms in total. The van der Waals surface area contributed by atoms with Crippen LogP contribution in [0.5, 0.6) is 12.0 Å². The van der Waals surface area contributed by atoms with Crippen molar-refractivity contribution in [2.75, 3.05) is 39.1 Å². The van der Waals surface area contributed by atoms with Crippen molar-refractivity contribution in [1.82, 2.24) is 24.4 Å². The van der Waals surface area contributed by atoms with Crippen LogP contribution < -0.4 is 10.5 Å². The number of benzene rings is 1. The Kier molecular flexibility index (Phi) is 6.38. The number of hydrogen-bond acceptors (Lipinski definition) is 8. The van der Waals surface area contributed by atoms with Gasteiger partial charge in [0.2, 0.25) is 0 Å². The minimum absolute atomic E-state index is 0.0569. The maximum atomic E-state index is 13.7. The molecule has 3 aromatic rings. The smallest absolute Gasteiger partial charge is 0.320 e. The lowest BCUT2D eigenvalue weighted by molar-refractivity contribution is -0.0661. The normalized spacial score (nSPS) is 16.5. The first-order valence-electron chi connectivity index (χ1n) is 10.4. The molecule has 0 radical (unpaired) electrons. The van der Waals surface area contributed by atoms with Crippen LogP contribution in [0.1, 0.15) is 24.0 Å². The number of aromatic hydroxyl groups is 1. The number of fused-ring (bicyclic) bond motifs is 1. The number of alkyl halides is 2. The van der Waals surface area contributed by atoms with Crippen LogP contribution in [0.25, 0.3) is 11.2 Å². The molecule has 1 aliphatic heterocycles. The Labute approximate surface area is 183 Å². The van der Waals surface area contributed by atoms with Gasteiger partial charge >= 0.3 is 6.01 Å². The third kappa shape index (κ3) is 5.05. The summed E-state index contributed by atoms with van der Waals surface area (Å²) in [6.07, 6.45) is 0.427. The Morgan fingerprint density at radius 3 is 2.69 bits per heavy atom. The van der Waals surface area contributed by atoms with E-state index in [9.17, 15) is 13.9 Å². The molecular weight excluding hydrogens is 422 g/mol. The monoisotopic (exact) mass is 448 g/mol. The molecule has 11 heteroatoms. The molecule has 1 saturated heterocycles. The van der Waals surface area contributed by atoms with E-state index in [1.807, 2.05) is 24.3 Å². The van der Waals surface area contributed by atoms with Gasteiger partial charge in [-0.3, -0.25) is 9.47 Å². The molecule has 0 saturated carbocycles. The van der Waals surface area contributed by atoms with Gasteiger partial charge in [-0.15, -0.1) is 0 Å². The van der Waals surface area contributed by atoms with Gasteiger partial charge in [-0.25, -0.2) is 8.78 Å². The molecule has 1 aliphatic rings. The van der Waals surface area contributed by atoms with Gasteiger partial charge in [0.15, 0.2) is 17.0 Å². The number of likely N-dealkylation sites (tertiary alicyclic amines) is 1. The molecule has 0 bridgehead atoms. The molecule has 0 aliphatic carbocycles. The van der Waals surface area contributed by atoms with Crippen molar-refractivity contribution in [2.45, 2.75) is 31.9 Å². The van der Waals surface area contributed by atoms with Gasteiger partial charge in [-0.1, -0.05) is 24.3 Å². The Morgan fingerprint density at radius 2 is 1.94 bits per heavy atom. The lowest BCUT2D eigenvalue weighted by Crippen LogP contribution is -2.42. The minimum Gasteiger partial charge on any atom is -0.480 e. The number of imidazole rings is 1. The van der Waals surface area contributed by atoms with Crippen molar-refractivity contribution in [3.63, 3.8) is 0 Å². The van der Waals surface area contributed by atoms with Crippen LogP contribution in [-0.2, 0) is 17.8 Å². The second-order valence-corrected chi connectivity index (χ2v) is 7.89. The van der Waals surface area contributed by atoms with Crippen molar-refractivity contribution in [1.29, 1.82) is 0 Å². The molecule has 4 rings (SSSR count). The Morgan fingerprint density at radius 1 is 1.16 bits per heavy atom. The molecule has 1 fully saturated rings. The van der Waals surface area contributed by atoms with Crippen LogP contribution in [0.2, 0.25) is 0 Å². The predicted molar refractivity (Wildman–Crippen MR) is 114 cm³/mol. The highest BCUT2D eigenvalue weighted by Gasteiger charge is 2.34. The van der Waals surface area contributed by atoms with E-state index in [-0.39, 0.29) is 49.5 Å². The van der Waals surface area contributed by atoms with Crippen LogP contribution in [-0.4, -0.2) is 68.9 Å². The predicted octanol–water partition coefficient (Wildman–Crippen LogP) is 2.42. The number of nitrogens with zero attached hydrogens (tertiary/aromatic N) is 5. The van der Waals surface area contributed by atoms with Crippen molar-refractivity contribution < 1.29 is 23.4 Å². The lowest BCUT2D eigenvalue weighted by atomic mass is 10.1. The van der Waals surface area contributed by atoms with Gasteiger partial charge in [-0.2, -0.15) is 15.0 Å². The molecule has 3 N–H and O–H groups in total. The van der Waals surface area contributed by atoms with E-state index in [2.05, 4.69) is 15.0 Å². The zero-order valence-corrected chi connectivity index (χ0v) is 17.8. The molecule has 3 heterocycles. The highest BCUT2D eigenvalue weighted by molar-refractivity contribution is 5.83. The number of rotatable bonds is 8. The molecule has 0 amide bonds. The average molecular weight is 448 g/mol. The van der Waals surface area contributed by atoms with Gasteiger partial charge < -0.3 is 20.3 Å². The van der Waals surface area contributed by atoms with Gasteiger partial charge in [0.05, 0.1) is 19.7 Å². The number of nitrogen functional groups attached to an aromatic ring is 1. The first-order chi connectivity index (χ1) is 15.3. The molecular formula is C21H26F2N6O3.